The Bertz CT molecular complexity index is 1630. The highest BCUT2D eigenvalue weighted by atomic mass is 19.1. The van der Waals surface area contributed by atoms with Crippen LogP contribution in [0.5, 0.6) is 0 Å². The predicted octanol–water partition coefficient (Wildman–Crippen LogP) is 4.44. The number of imidazole rings is 2. The monoisotopic (exact) mass is 490 g/mol. The van der Waals surface area contributed by atoms with Gasteiger partial charge in [-0.25, -0.2) is 14.4 Å². The third-order valence-corrected chi connectivity index (χ3v) is 7.47. The van der Waals surface area contributed by atoms with E-state index >= 15 is 0 Å². The molecule has 2 atom stereocenters. The first-order valence-corrected chi connectivity index (χ1v) is 13.1. The summed E-state index contributed by atoms with van der Waals surface area (Å²) in [6.07, 6.45) is 6.32. The van der Waals surface area contributed by atoms with Gasteiger partial charge in [-0.15, -0.1) is 0 Å². The Hall–Kier alpha value is -3.91. The van der Waals surface area contributed by atoms with Crippen LogP contribution in [-0.4, -0.2) is 33.0 Å². The quantitative estimate of drug-likeness (QED) is 0.313. The van der Waals surface area contributed by atoms with Crippen LogP contribution in [0.2, 0.25) is 0 Å². The molecule has 4 heterocycles. The van der Waals surface area contributed by atoms with Gasteiger partial charge in [0.1, 0.15) is 23.2 Å². The minimum atomic E-state index is -0.382. The number of fused-ring (bicyclic) bond motifs is 4. The highest BCUT2D eigenvalue weighted by molar-refractivity contribution is 5.78. The van der Waals surface area contributed by atoms with Gasteiger partial charge in [-0.1, -0.05) is 36.2 Å². The fourth-order valence-electron chi connectivity index (χ4n) is 5.57. The Labute approximate surface area is 214 Å². The Morgan fingerprint density at radius 1 is 0.919 bits per heavy atom. The highest BCUT2D eigenvalue weighted by Gasteiger charge is 2.24. The second kappa shape index (κ2) is 9.19. The molecule has 7 heteroatoms. The van der Waals surface area contributed by atoms with Crippen LogP contribution < -0.4 is 10.6 Å². The van der Waals surface area contributed by atoms with Crippen LogP contribution in [0.1, 0.15) is 71.8 Å². The number of aryl methyl sites for hydroxylation is 2. The number of piperidine rings is 1. The fraction of sp³-hybridized carbons (Fsp3) is 0.333. The summed E-state index contributed by atoms with van der Waals surface area (Å²) in [5.74, 6) is 13.9. The lowest BCUT2D eigenvalue weighted by atomic mass is 9.91. The van der Waals surface area contributed by atoms with Crippen LogP contribution in [0.4, 0.5) is 4.39 Å². The molecule has 3 aliphatic rings. The van der Waals surface area contributed by atoms with Crippen LogP contribution in [0, 0.1) is 29.5 Å². The second-order valence-electron chi connectivity index (χ2n) is 10.0. The SMILES string of the molecule is Fc1cc(C#Cc2ccc3c(c2)CCc2[nH]c(C4CCCCN4)nc2-3)cc2[nH]c(C3C#CCCN3)nc12. The minimum Gasteiger partial charge on any atom is -0.344 e. The zero-order valence-corrected chi connectivity index (χ0v) is 20.5. The van der Waals surface area contributed by atoms with E-state index in [9.17, 15) is 4.39 Å². The van der Waals surface area contributed by atoms with Crippen LogP contribution in [0.25, 0.3) is 22.3 Å². The topological polar surface area (TPSA) is 81.4 Å². The van der Waals surface area contributed by atoms with Crippen molar-refractivity contribution >= 4 is 11.0 Å². The number of halogens is 1. The number of aromatic nitrogens is 4. The average molecular weight is 491 g/mol. The third-order valence-electron chi connectivity index (χ3n) is 7.47. The lowest BCUT2D eigenvalue weighted by Crippen LogP contribution is -2.27. The molecule has 0 bridgehead atoms. The van der Waals surface area contributed by atoms with Crippen molar-refractivity contribution in [2.24, 2.45) is 0 Å². The van der Waals surface area contributed by atoms with E-state index in [0.29, 0.717) is 28.5 Å². The molecule has 4 aromatic rings. The Morgan fingerprint density at radius 2 is 1.86 bits per heavy atom. The molecule has 4 N–H and O–H groups in total. The van der Waals surface area contributed by atoms with Gasteiger partial charge in [0.05, 0.1) is 17.3 Å². The second-order valence-corrected chi connectivity index (χ2v) is 10.0. The van der Waals surface area contributed by atoms with Gasteiger partial charge >= 0.3 is 0 Å². The van der Waals surface area contributed by atoms with Crippen molar-refractivity contribution in [1.82, 2.24) is 30.6 Å². The van der Waals surface area contributed by atoms with E-state index in [1.54, 1.807) is 0 Å². The molecule has 0 saturated carbocycles. The van der Waals surface area contributed by atoms with Crippen LogP contribution in [-0.2, 0) is 12.8 Å². The maximum Gasteiger partial charge on any atom is 0.152 e. The smallest absolute Gasteiger partial charge is 0.152 e. The zero-order chi connectivity index (χ0) is 24.8. The summed E-state index contributed by atoms with van der Waals surface area (Å²) in [6, 6.07) is 9.74. The standard InChI is InChI=1S/C30H27FN6/c31-22-16-19(17-26-28(22)37-30(35-26)25-6-2-4-14-33-25)8-7-18-9-11-21-20(15-18)10-12-23-27(21)36-29(34-23)24-5-1-3-13-32-24/h9,11,15-17,24-25,32-33H,1,3-5,10,12-14H2,(H,34,36)(H,35,37). The number of H-pyrrole nitrogens is 2. The minimum absolute atomic E-state index is 0.198. The summed E-state index contributed by atoms with van der Waals surface area (Å²) < 4.78 is 14.8. The number of rotatable bonds is 2. The van der Waals surface area contributed by atoms with E-state index in [1.807, 2.05) is 12.1 Å². The van der Waals surface area contributed by atoms with E-state index in [1.165, 1.54) is 35.7 Å². The van der Waals surface area contributed by atoms with Gasteiger partial charge in [0, 0.05) is 35.3 Å². The molecule has 2 aromatic heterocycles. The van der Waals surface area contributed by atoms with Crippen molar-refractivity contribution in [3.05, 3.63) is 70.2 Å². The summed E-state index contributed by atoms with van der Waals surface area (Å²) in [7, 11) is 0. The average Bonchev–Trinajstić information content (AvgIpc) is 3.58. The van der Waals surface area contributed by atoms with Gasteiger partial charge < -0.3 is 15.3 Å². The first-order chi connectivity index (χ1) is 18.2. The van der Waals surface area contributed by atoms with Gasteiger partial charge in [-0.3, -0.25) is 5.32 Å². The Balaban J connectivity index is 1.15. The largest absolute Gasteiger partial charge is 0.344 e. The number of hydrogen-bond acceptors (Lipinski definition) is 4. The van der Waals surface area contributed by atoms with Crippen molar-refractivity contribution in [1.29, 1.82) is 0 Å². The number of hydrogen-bond donors (Lipinski definition) is 4. The molecular weight excluding hydrogens is 463 g/mol. The van der Waals surface area contributed by atoms with E-state index in [0.717, 1.165) is 55.9 Å². The molecule has 2 aliphatic heterocycles. The van der Waals surface area contributed by atoms with Crippen molar-refractivity contribution in [3.63, 3.8) is 0 Å². The first-order valence-electron chi connectivity index (χ1n) is 13.1. The molecule has 0 spiro atoms. The van der Waals surface area contributed by atoms with Gasteiger partial charge in [-0.2, -0.15) is 0 Å². The summed E-state index contributed by atoms with van der Waals surface area (Å²) in [5.41, 5.74) is 7.22. The molecule has 184 valence electrons. The maximum absolute atomic E-state index is 14.8. The van der Waals surface area contributed by atoms with E-state index in [-0.39, 0.29) is 11.9 Å². The number of nitrogens with zero attached hydrogens (tertiary/aromatic N) is 2. The highest BCUT2D eigenvalue weighted by Crippen LogP contribution is 2.34. The Morgan fingerprint density at radius 3 is 2.73 bits per heavy atom. The lowest BCUT2D eigenvalue weighted by Gasteiger charge is -2.21. The molecule has 7 rings (SSSR count). The molecule has 1 saturated heterocycles. The molecule has 1 fully saturated rings. The number of nitrogens with one attached hydrogen (secondary N) is 4. The fourth-order valence-corrected chi connectivity index (χ4v) is 5.57. The van der Waals surface area contributed by atoms with Gasteiger partial charge in [-0.05, 0) is 62.1 Å². The van der Waals surface area contributed by atoms with E-state index < -0.39 is 0 Å². The zero-order valence-electron chi connectivity index (χ0n) is 20.5. The summed E-state index contributed by atoms with van der Waals surface area (Å²) in [4.78, 5) is 16.2. The number of aromatic amines is 2. The molecule has 0 radical (unpaired) electrons. The van der Waals surface area contributed by atoms with Crippen LogP contribution >= 0.6 is 0 Å². The van der Waals surface area contributed by atoms with E-state index in [4.69, 9.17) is 4.98 Å². The molecule has 1 aliphatic carbocycles. The predicted molar refractivity (Wildman–Crippen MR) is 141 cm³/mol. The van der Waals surface area contributed by atoms with Crippen LogP contribution in [0.3, 0.4) is 0 Å². The Kier molecular flexibility index (Phi) is 5.54. The van der Waals surface area contributed by atoms with E-state index in [2.05, 4.69) is 61.4 Å². The van der Waals surface area contributed by atoms with Gasteiger partial charge in [0.2, 0.25) is 0 Å². The van der Waals surface area contributed by atoms with Gasteiger partial charge in [0.15, 0.2) is 5.82 Å². The van der Waals surface area contributed by atoms with Crippen molar-refractivity contribution in [2.75, 3.05) is 13.1 Å². The first kappa shape index (κ1) is 22.3. The summed E-state index contributed by atoms with van der Waals surface area (Å²) in [5, 5.41) is 6.89. The normalized spacial score (nSPS) is 20.4. The third kappa shape index (κ3) is 4.21. The summed E-state index contributed by atoms with van der Waals surface area (Å²) >= 11 is 0. The molecular formula is C30H27FN6. The van der Waals surface area contributed by atoms with Crippen molar-refractivity contribution in [2.45, 2.75) is 50.6 Å². The lowest BCUT2D eigenvalue weighted by molar-refractivity contribution is 0.399. The van der Waals surface area contributed by atoms with Crippen molar-refractivity contribution in [3.8, 4) is 34.9 Å². The summed E-state index contributed by atoms with van der Waals surface area (Å²) in [6.45, 7) is 1.86. The van der Waals surface area contributed by atoms with Crippen LogP contribution in [0.15, 0.2) is 30.3 Å². The maximum atomic E-state index is 14.8. The molecule has 6 nitrogen and oxygen atoms in total. The molecule has 2 unspecified atom stereocenters. The van der Waals surface area contributed by atoms with Gasteiger partial charge in [0.25, 0.3) is 0 Å². The molecule has 2 aromatic carbocycles. The number of benzene rings is 2. The molecule has 0 amide bonds. The van der Waals surface area contributed by atoms with Crippen molar-refractivity contribution < 1.29 is 4.39 Å². The molecule has 37 heavy (non-hydrogen) atoms.